The fourth-order valence-corrected chi connectivity index (χ4v) is 6.63. The first kappa shape index (κ1) is 28.8. The zero-order chi connectivity index (χ0) is 28.9. The van der Waals surface area contributed by atoms with Crippen LogP contribution in [-0.4, -0.2) is 38.6 Å². The van der Waals surface area contributed by atoms with Gasteiger partial charge < -0.3 is 19.1 Å². The van der Waals surface area contributed by atoms with Crippen molar-refractivity contribution in [2.45, 2.75) is 84.3 Å². The normalized spacial score (nSPS) is 17.3. The highest BCUT2D eigenvalue weighted by atomic mass is 16.5. The number of terminal acetylenes is 1. The standard InChI is InChI=1S/C34H41N3O4/c1-5-13-27-28(17-12-21-41-30-18-11-15-24-14-7-8-16-26(24)30)33(34(38)39)37-19-9-10-20-40-22-29-31(23(3)35-36(29)4)25(6-2)32(27)37/h2,5,11,13,15,18,25H,7-10,12,14,16-17,19-22H2,1,3-4H3,(H,38,39)/b13-5-. The molecule has 41 heavy (non-hydrogen) atoms. The van der Waals surface area contributed by atoms with Gasteiger partial charge in [0.2, 0.25) is 0 Å². The summed E-state index contributed by atoms with van der Waals surface area (Å²) in [4.78, 5) is 12.9. The molecule has 1 aliphatic carbocycles. The van der Waals surface area contributed by atoms with Crippen molar-refractivity contribution in [1.29, 1.82) is 0 Å². The van der Waals surface area contributed by atoms with Gasteiger partial charge in [-0.25, -0.2) is 4.79 Å². The fraction of sp³-hybridized carbons (Fsp3) is 0.471. The van der Waals surface area contributed by atoms with Crippen LogP contribution in [0, 0.1) is 19.3 Å². The van der Waals surface area contributed by atoms with Crippen molar-refractivity contribution in [3.8, 4) is 18.1 Å². The summed E-state index contributed by atoms with van der Waals surface area (Å²) in [6.45, 7) is 6.02. The third-order valence-electron chi connectivity index (χ3n) is 8.44. The van der Waals surface area contributed by atoms with Crippen LogP contribution in [0.3, 0.4) is 0 Å². The first-order chi connectivity index (χ1) is 20.0. The third-order valence-corrected chi connectivity index (χ3v) is 8.44. The largest absolute Gasteiger partial charge is 0.493 e. The first-order valence-corrected chi connectivity index (χ1v) is 14.9. The maximum absolute atomic E-state index is 12.9. The highest BCUT2D eigenvalue weighted by Crippen LogP contribution is 2.38. The van der Waals surface area contributed by atoms with Crippen LogP contribution >= 0.6 is 0 Å². The zero-order valence-corrected chi connectivity index (χ0v) is 24.5. The van der Waals surface area contributed by atoms with E-state index >= 15 is 0 Å². The molecule has 3 heterocycles. The van der Waals surface area contributed by atoms with Gasteiger partial charge in [0.15, 0.2) is 0 Å². The molecule has 0 spiro atoms. The Balaban J connectivity index is 1.54. The van der Waals surface area contributed by atoms with E-state index < -0.39 is 11.9 Å². The van der Waals surface area contributed by atoms with Crippen molar-refractivity contribution in [2.75, 3.05) is 13.2 Å². The number of rotatable bonds is 7. The fourth-order valence-electron chi connectivity index (χ4n) is 6.63. The molecule has 1 unspecified atom stereocenters. The van der Waals surface area contributed by atoms with Gasteiger partial charge in [-0.3, -0.25) is 4.68 Å². The van der Waals surface area contributed by atoms with Crippen LogP contribution in [0.5, 0.6) is 5.75 Å². The Morgan fingerprint density at radius 3 is 2.88 bits per heavy atom. The summed E-state index contributed by atoms with van der Waals surface area (Å²) in [6, 6.07) is 6.34. The first-order valence-electron chi connectivity index (χ1n) is 14.9. The number of carboxylic acids is 1. The summed E-state index contributed by atoms with van der Waals surface area (Å²) in [5.74, 6) is 2.61. The van der Waals surface area contributed by atoms with Crippen LogP contribution in [0.15, 0.2) is 24.3 Å². The van der Waals surface area contributed by atoms with E-state index in [2.05, 4.69) is 29.2 Å². The van der Waals surface area contributed by atoms with E-state index in [-0.39, 0.29) is 0 Å². The molecule has 0 saturated heterocycles. The number of carboxylic acid groups (broad SMARTS) is 1. The average Bonchev–Trinajstić information content (AvgIpc) is 3.40. The molecular weight excluding hydrogens is 514 g/mol. The molecule has 5 rings (SSSR count). The van der Waals surface area contributed by atoms with Crippen molar-refractivity contribution in [3.63, 3.8) is 0 Å². The van der Waals surface area contributed by atoms with Gasteiger partial charge in [-0.05, 0) is 88.0 Å². The van der Waals surface area contributed by atoms with Gasteiger partial charge in [-0.2, -0.15) is 5.10 Å². The molecule has 3 aromatic rings. The lowest BCUT2D eigenvalue weighted by Gasteiger charge is -2.19. The summed E-state index contributed by atoms with van der Waals surface area (Å²) < 4.78 is 16.1. The van der Waals surface area contributed by atoms with E-state index in [9.17, 15) is 9.90 Å². The number of aromatic nitrogens is 3. The molecule has 0 fully saturated rings. The zero-order valence-electron chi connectivity index (χ0n) is 24.5. The number of aromatic carboxylic acids is 1. The topological polar surface area (TPSA) is 78.5 Å². The lowest BCUT2D eigenvalue weighted by atomic mass is 9.90. The molecule has 7 nitrogen and oxygen atoms in total. The minimum absolute atomic E-state index is 0.327. The lowest BCUT2D eigenvalue weighted by molar-refractivity contribution is 0.0682. The highest BCUT2D eigenvalue weighted by molar-refractivity contribution is 5.90. The Morgan fingerprint density at radius 2 is 2.10 bits per heavy atom. The SMILES string of the molecule is C#CC1c2c(C)nn(C)c2COCCCCn2c(C(=O)O)c(CCCOc3cccc4c3CCCC4)c(/C=C\C)c21. The van der Waals surface area contributed by atoms with Gasteiger partial charge in [0.25, 0.3) is 0 Å². The van der Waals surface area contributed by atoms with Gasteiger partial charge in [0.1, 0.15) is 11.4 Å². The van der Waals surface area contributed by atoms with Crippen LogP contribution in [0.4, 0.5) is 0 Å². The molecule has 0 amide bonds. The quantitative estimate of drug-likeness (QED) is 0.276. The number of allylic oxidation sites excluding steroid dienone is 1. The van der Waals surface area contributed by atoms with Gasteiger partial charge >= 0.3 is 5.97 Å². The number of hydrogen-bond donors (Lipinski definition) is 1. The molecule has 2 aliphatic rings. The molecule has 0 bridgehead atoms. The van der Waals surface area contributed by atoms with Gasteiger partial charge in [-0.15, -0.1) is 6.42 Å². The summed E-state index contributed by atoms with van der Waals surface area (Å²) in [7, 11) is 1.91. The molecule has 0 radical (unpaired) electrons. The Hall–Kier alpha value is -3.76. The summed E-state index contributed by atoms with van der Waals surface area (Å²) >= 11 is 0. The maximum atomic E-state index is 12.9. The van der Waals surface area contributed by atoms with E-state index in [1.165, 1.54) is 24.0 Å². The minimum Gasteiger partial charge on any atom is -0.493 e. The number of ether oxygens (including phenoxy) is 2. The van der Waals surface area contributed by atoms with E-state index in [1.807, 2.05) is 42.3 Å². The minimum atomic E-state index is -0.930. The Labute approximate surface area is 243 Å². The Bertz CT molecular complexity index is 1490. The van der Waals surface area contributed by atoms with E-state index in [4.69, 9.17) is 15.9 Å². The van der Waals surface area contributed by atoms with Crippen LogP contribution in [-0.2, 0) is 44.2 Å². The second-order valence-electron chi connectivity index (χ2n) is 11.1. The van der Waals surface area contributed by atoms with Crippen LogP contribution in [0.25, 0.3) is 6.08 Å². The number of hydrogen-bond acceptors (Lipinski definition) is 4. The van der Waals surface area contributed by atoms with Crippen LogP contribution in [0.1, 0.15) is 100 Å². The van der Waals surface area contributed by atoms with E-state index in [0.29, 0.717) is 44.9 Å². The van der Waals surface area contributed by atoms with E-state index in [0.717, 1.165) is 65.2 Å². The molecule has 2 aromatic heterocycles. The summed E-state index contributed by atoms with van der Waals surface area (Å²) in [6.07, 6.45) is 17.7. The number of fused-ring (bicyclic) bond motifs is 3. The van der Waals surface area contributed by atoms with Crippen molar-refractivity contribution >= 4 is 12.0 Å². The maximum Gasteiger partial charge on any atom is 0.352 e. The van der Waals surface area contributed by atoms with E-state index in [1.54, 1.807) is 0 Å². The summed E-state index contributed by atoms with van der Waals surface area (Å²) in [5, 5.41) is 15.2. The Kier molecular flexibility index (Phi) is 8.99. The van der Waals surface area contributed by atoms with Crippen molar-refractivity contribution < 1.29 is 19.4 Å². The van der Waals surface area contributed by atoms with Gasteiger partial charge in [0, 0.05) is 37.0 Å². The van der Waals surface area contributed by atoms with Crippen molar-refractivity contribution in [1.82, 2.24) is 14.3 Å². The second-order valence-corrected chi connectivity index (χ2v) is 11.1. The molecule has 0 saturated carbocycles. The van der Waals surface area contributed by atoms with Crippen LogP contribution < -0.4 is 4.74 Å². The molecule has 7 heteroatoms. The predicted octanol–water partition coefficient (Wildman–Crippen LogP) is 6.23. The monoisotopic (exact) mass is 555 g/mol. The van der Waals surface area contributed by atoms with Crippen molar-refractivity contribution in [3.05, 3.63) is 74.9 Å². The highest BCUT2D eigenvalue weighted by Gasteiger charge is 2.33. The third kappa shape index (κ3) is 5.71. The Morgan fingerprint density at radius 1 is 1.27 bits per heavy atom. The number of aryl methyl sites for hydroxylation is 3. The number of carbonyl (C=O) groups is 1. The molecule has 1 N–H and O–H groups in total. The summed E-state index contributed by atoms with van der Waals surface area (Å²) in [5.41, 5.74) is 8.34. The average molecular weight is 556 g/mol. The van der Waals surface area contributed by atoms with Crippen molar-refractivity contribution in [2.24, 2.45) is 7.05 Å². The van der Waals surface area contributed by atoms with Crippen LogP contribution in [0.2, 0.25) is 0 Å². The number of benzene rings is 1. The van der Waals surface area contributed by atoms with Gasteiger partial charge in [0.05, 0.1) is 30.5 Å². The smallest absolute Gasteiger partial charge is 0.352 e. The number of nitrogens with zero attached hydrogens (tertiary/aromatic N) is 3. The lowest BCUT2D eigenvalue weighted by Crippen LogP contribution is -2.16. The van der Waals surface area contributed by atoms with Gasteiger partial charge in [-0.1, -0.05) is 30.2 Å². The predicted molar refractivity (Wildman–Crippen MR) is 161 cm³/mol. The molecule has 216 valence electrons. The molecule has 1 atom stereocenters. The molecular formula is C34H41N3O4. The second kappa shape index (κ2) is 12.8. The molecule has 1 aliphatic heterocycles. The molecule has 1 aromatic carbocycles.